The Bertz CT molecular complexity index is 1190. The summed E-state index contributed by atoms with van der Waals surface area (Å²) in [5.74, 6) is 1.24. The molecule has 208 valence electrons. The van der Waals surface area contributed by atoms with E-state index in [1.54, 1.807) is 25.1 Å². The number of nitrogens with one attached hydrogen (secondary N) is 3. The molecule has 1 aliphatic rings. The lowest BCUT2D eigenvalue weighted by molar-refractivity contribution is -0.119. The minimum Gasteiger partial charge on any atom is -0.494 e. The SMILES string of the molecule is Br.CCOc1cc2c(cc1CC(=O)NC)C(=N)N(CC(=O)c1cc(NCCO)c(OC)c(C(C)(C)C)c1)C2. The Balaban J connectivity index is 0.00000507. The van der Waals surface area contributed by atoms with E-state index in [0.29, 0.717) is 53.6 Å². The molecule has 1 amide bonds. The largest absolute Gasteiger partial charge is 0.494 e. The molecule has 9 nitrogen and oxygen atoms in total. The van der Waals surface area contributed by atoms with Crippen molar-refractivity contribution >= 4 is 40.2 Å². The number of carbonyl (C=O) groups is 2. The molecule has 2 aromatic rings. The number of nitrogens with zero attached hydrogens (tertiary/aromatic N) is 1. The molecule has 0 spiro atoms. The molecule has 0 bridgehead atoms. The molecular formula is C28H39BrN4O5. The van der Waals surface area contributed by atoms with E-state index in [2.05, 4.69) is 10.6 Å². The summed E-state index contributed by atoms with van der Waals surface area (Å²) in [5, 5.41) is 23.8. The average Bonchev–Trinajstić information content (AvgIpc) is 3.15. The number of fused-ring (bicyclic) bond motifs is 1. The Kier molecular flexibility index (Phi) is 10.7. The van der Waals surface area contributed by atoms with E-state index in [0.717, 1.165) is 11.1 Å². The summed E-state index contributed by atoms with van der Waals surface area (Å²) in [5.41, 5.74) is 4.04. The van der Waals surface area contributed by atoms with Crippen molar-refractivity contribution in [2.24, 2.45) is 0 Å². The van der Waals surface area contributed by atoms with Crippen LogP contribution in [-0.4, -0.2) is 68.0 Å². The van der Waals surface area contributed by atoms with Gasteiger partial charge in [0.05, 0.1) is 39.0 Å². The highest BCUT2D eigenvalue weighted by Crippen LogP contribution is 2.39. The molecular weight excluding hydrogens is 552 g/mol. The summed E-state index contributed by atoms with van der Waals surface area (Å²) < 4.78 is 11.4. The van der Waals surface area contributed by atoms with Crippen LogP contribution in [0.2, 0.25) is 0 Å². The number of halogens is 1. The third-order valence-corrected chi connectivity index (χ3v) is 6.33. The Morgan fingerprint density at radius 3 is 2.47 bits per heavy atom. The van der Waals surface area contributed by atoms with Crippen LogP contribution in [0.4, 0.5) is 5.69 Å². The third kappa shape index (κ3) is 6.85. The second-order valence-electron chi connectivity index (χ2n) is 10.0. The summed E-state index contributed by atoms with van der Waals surface area (Å²) >= 11 is 0. The summed E-state index contributed by atoms with van der Waals surface area (Å²) in [7, 11) is 3.17. The molecule has 2 aromatic carbocycles. The number of methoxy groups -OCH3 is 1. The van der Waals surface area contributed by atoms with E-state index >= 15 is 0 Å². The Hall–Kier alpha value is -3.11. The van der Waals surface area contributed by atoms with Crippen molar-refractivity contribution in [1.29, 1.82) is 5.41 Å². The smallest absolute Gasteiger partial charge is 0.224 e. The molecule has 3 rings (SSSR count). The van der Waals surface area contributed by atoms with Crippen molar-refractivity contribution in [2.45, 2.75) is 46.1 Å². The Labute approximate surface area is 235 Å². The van der Waals surface area contributed by atoms with Crippen molar-refractivity contribution in [2.75, 3.05) is 45.8 Å². The number of aliphatic hydroxyl groups excluding tert-OH is 1. The zero-order valence-electron chi connectivity index (χ0n) is 23.0. The lowest BCUT2D eigenvalue weighted by atomic mass is 9.84. The normalized spacial score (nSPS) is 12.5. The predicted molar refractivity (Wildman–Crippen MR) is 155 cm³/mol. The van der Waals surface area contributed by atoms with Crippen LogP contribution in [0.25, 0.3) is 0 Å². The number of amides is 1. The van der Waals surface area contributed by atoms with Crippen molar-refractivity contribution in [3.63, 3.8) is 0 Å². The number of amidine groups is 1. The van der Waals surface area contributed by atoms with Gasteiger partial charge in [-0.3, -0.25) is 15.0 Å². The second kappa shape index (κ2) is 13.1. The molecule has 38 heavy (non-hydrogen) atoms. The van der Waals surface area contributed by atoms with Crippen LogP contribution >= 0.6 is 17.0 Å². The number of anilines is 1. The number of carbonyl (C=O) groups excluding carboxylic acids is 2. The fourth-order valence-electron chi connectivity index (χ4n) is 4.45. The van der Waals surface area contributed by atoms with E-state index in [9.17, 15) is 14.7 Å². The lowest BCUT2D eigenvalue weighted by Gasteiger charge is -2.26. The number of ketones is 1. The van der Waals surface area contributed by atoms with Gasteiger partial charge in [0.25, 0.3) is 0 Å². The molecule has 0 saturated heterocycles. The molecule has 0 atom stereocenters. The quantitative estimate of drug-likeness (QED) is 0.294. The number of likely N-dealkylation sites (N-methyl/N-ethyl adjacent to an activating group) is 1. The van der Waals surface area contributed by atoms with Gasteiger partial charge in [0.15, 0.2) is 5.78 Å². The molecule has 0 aliphatic carbocycles. The van der Waals surface area contributed by atoms with Gasteiger partial charge in [0.1, 0.15) is 17.3 Å². The zero-order chi connectivity index (χ0) is 27.3. The number of rotatable bonds is 11. The third-order valence-electron chi connectivity index (χ3n) is 6.33. The van der Waals surface area contributed by atoms with Gasteiger partial charge in [0.2, 0.25) is 5.91 Å². The maximum atomic E-state index is 13.5. The van der Waals surface area contributed by atoms with Crippen molar-refractivity contribution < 1.29 is 24.2 Å². The minimum absolute atomic E-state index is 0. The lowest BCUT2D eigenvalue weighted by Crippen LogP contribution is -2.30. The summed E-state index contributed by atoms with van der Waals surface area (Å²) in [6.07, 6.45) is 0.149. The van der Waals surface area contributed by atoms with Crippen LogP contribution in [-0.2, 0) is 23.2 Å². The summed E-state index contributed by atoms with van der Waals surface area (Å²) in [4.78, 5) is 27.2. The molecule has 0 fully saturated rings. The molecule has 1 heterocycles. The molecule has 1 aliphatic heterocycles. The average molecular weight is 592 g/mol. The standard InChI is InChI=1S/C28H38N4O5.BrH/c1-7-37-24-13-19-15-32(27(29)20(19)10-18(24)14-25(35)30-5)16-23(34)17-11-21(28(2,3)4)26(36-6)22(12-17)31-8-9-33;/h10-13,29,31,33H,7-9,14-16H2,1-6H3,(H,30,35);1H. The van der Waals surface area contributed by atoms with E-state index in [-0.39, 0.29) is 59.5 Å². The van der Waals surface area contributed by atoms with E-state index in [4.69, 9.17) is 14.9 Å². The molecule has 4 N–H and O–H groups in total. The highest BCUT2D eigenvalue weighted by atomic mass is 79.9. The minimum atomic E-state index is -0.287. The maximum absolute atomic E-state index is 13.5. The fourth-order valence-corrected chi connectivity index (χ4v) is 4.45. The van der Waals surface area contributed by atoms with E-state index < -0.39 is 0 Å². The molecule has 0 saturated carbocycles. The highest BCUT2D eigenvalue weighted by molar-refractivity contribution is 8.93. The van der Waals surface area contributed by atoms with Crippen LogP contribution in [0.1, 0.15) is 60.3 Å². The van der Waals surface area contributed by atoms with Crippen LogP contribution in [0.15, 0.2) is 24.3 Å². The number of aliphatic hydroxyl groups is 1. The van der Waals surface area contributed by atoms with Gasteiger partial charge in [-0.15, -0.1) is 17.0 Å². The van der Waals surface area contributed by atoms with Crippen molar-refractivity contribution in [3.8, 4) is 11.5 Å². The van der Waals surface area contributed by atoms with E-state index in [1.165, 1.54) is 0 Å². The van der Waals surface area contributed by atoms with Gasteiger partial charge in [-0.2, -0.15) is 0 Å². The van der Waals surface area contributed by atoms with E-state index in [1.807, 2.05) is 45.9 Å². The molecule has 0 radical (unpaired) electrons. The van der Waals surface area contributed by atoms with Gasteiger partial charge in [-0.05, 0) is 42.2 Å². The first-order chi connectivity index (χ1) is 17.5. The number of hydrogen-bond donors (Lipinski definition) is 4. The first-order valence-corrected chi connectivity index (χ1v) is 12.5. The number of benzene rings is 2. The van der Waals surface area contributed by atoms with Crippen LogP contribution < -0.4 is 20.1 Å². The number of ether oxygens (including phenoxy) is 2. The van der Waals surface area contributed by atoms with Crippen molar-refractivity contribution in [3.05, 3.63) is 52.1 Å². The molecule has 0 aromatic heterocycles. The highest BCUT2D eigenvalue weighted by Gasteiger charge is 2.30. The Morgan fingerprint density at radius 2 is 1.89 bits per heavy atom. The monoisotopic (exact) mass is 590 g/mol. The van der Waals surface area contributed by atoms with Crippen molar-refractivity contribution in [1.82, 2.24) is 10.2 Å². The van der Waals surface area contributed by atoms with Gasteiger partial charge in [-0.25, -0.2) is 0 Å². The van der Waals surface area contributed by atoms with Crippen LogP contribution in [0.5, 0.6) is 11.5 Å². The van der Waals surface area contributed by atoms with Crippen LogP contribution in [0, 0.1) is 5.41 Å². The zero-order valence-corrected chi connectivity index (χ0v) is 24.7. The number of hydrogen-bond acceptors (Lipinski definition) is 7. The second-order valence-corrected chi connectivity index (χ2v) is 10.0. The molecule has 0 unspecified atom stereocenters. The first kappa shape index (κ1) is 31.1. The maximum Gasteiger partial charge on any atom is 0.224 e. The summed E-state index contributed by atoms with van der Waals surface area (Å²) in [6, 6.07) is 7.29. The number of Topliss-reactive ketones (excluding diaryl/α,β-unsaturated/α-hetero) is 1. The Morgan fingerprint density at radius 1 is 1.18 bits per heavy atom. The topological polar surface area (TPSA) is 124 Å². The van der Waals surface area contributed by atoms with Gasteiger partial charge < -0.3 is 30.1 Å². The fraction of sp³-hybridized carbons (Fsp3) is 0.464. The summed E-state index contributed by atoms with van der Waals surface area (Å²) in [6.45, 7) is 9.19. The van der Waals surface area contributed by atoms with Crippen LogP contribution in [0.3, 0.4) is 0 Å². The van der Waals surface area contributed by atoms with Gasteiger partial charge in [-0.1, -0.05) is 20.8 Å². The predicted octanol–water partition coefficient (Wildman–Crippen LogP) is 3.69. The molecule has 10 heteroatoms. The first-order valence-electron chi connectivity index (χ1n) is 12.5. The van der Waals surface area contributed by atoms with Gasteiger partial charge in [0, 0.05) is 42.4 Å². The van der Waals surface area contributed by atoms with Gasteiger partial charge >= 0.3 is 0 Å².